The summed E-state index contributed by atoms with van der Waals surface area (Å²) in [5, 5.41) is 3.25. The summed E-state index contributed by atoms with van der Waals surface area (Å²) >= 11 is 0. The maximum absolute atomic E-state index is 13.3. The number of imide groups is 1. The van der Waals surface area contributed by atoms with Crippen LogP contribution in [0.15, 0.2) is 54.2 Å². The van der Waals surface area contributed by atoms with E-state index in [1.54, 1.807) is 0 Å². The number of morpholine rings is 1. The third kappa shape index (κ3) is 4.70. The third-order valence-corrected chi connectivity index (χ3v) is 5.97. The highest BCUT2D eigenvalue weighted by molar-refractivity contribution is 6.36. The van der Waals surface area contributed by atoms with Crippen LogP contribution in [0.4, 0.5) is 5.69 Å². The van der Waals surface area contributed by atoms with E-state index in [0.717, 1.165) is 56.1 Å². The molecule has 31 heavy (non-hydrogen) atoms. The zero-order valence-corrected chi connectivity index (χ0v) is 18.2. The first kappa shape index (κ1) is 21.3. The summed E-state index contributed by atoms with van der Waals surface area (Å²) < 4.78 is 5.39. The Labute approximate surface area is 183 Å². The fourth-order valence-corrected chi connectivity index (χ4v) is 4.01. The normalized spacial score (nSPS) is 17.5. The molecule has 0 aromatic heterocycles. The van der Waals surface area contributed by atoms with Crippen molar-refractivity contribution in [1.29, 1.82) is 0 Å². The molecule has 0 saturated carbocycles. The van der Waals surface area contributed by atoms with Gasteiger partial charge < -0.3 is 10.1 Å². The van der Waals surface area contributed by atoms with Crippen LogP contribution in [0.5, 0.6) is 0 Å². The number of anilines is 1. The second-order valence-electron chi connectivity index (χ2n) is 8.11. The second-order valence-corrected chi connectivity index (χ2v) is 8.11. The van der Waals surface area contributed by atoms with Gasteiger partial charge in [0.05, 0.1) is 18.8 Å². The summed E-state index contributed by atoms with van der Waals surface area (Å²) in [6.07, 6.45) is 0.746. The lowest BCUT2D eigenvalue weighted by atomic mass is 10.0. The molecule has 6 nitrogen and oxygen atoms in total. The van der Waals surface area contributed by atoms with Gasteiger partial charge in [0.1, 0.15) is 5.70 Å². The van der Waals surface area contributed by atoms with Crippen LogP contribution in [0.3, 0.4) is 0 Å². The van der Waals surface area contributed by atoms with E-state index in [1.807, 2.05) is 62.4 Å². The number of carbonyl (C=O) groups excluding carboxylic acids is 2. The Morgan fingerprint density at radius 3 is 2.35 bits per heavy atom. The molecule has 2 aromatic rings. The Balaban J connectivity index is 1.55. The number of benzene rings is 2. The number of nitrogens with zero attached hydrogens (tertiary/aromatic N) is 2. The van der Waals surface area contributed by atoms with E-state index >= 15 is 0 Å². The standard InChI is InChI=1S/C25H29N3O3/c1-18-9-10-21(17-19(18)2)26-23-22(20-7-4-3-5-8-20)24(29)28(25(23)30)12-6-11-27-13-15-31-16-14-27/h3-5,7-10,17,26H,6,11-16H2,1-2H3. The van der Waals surface area contributed by atoms with Crippen LogP contribution < -0.4 is 5.32 Å². The van der Waals surface area contributed by atoms with Gasteiger partial charge in [-0.2, -0.15) is 0 Å². The van der Waals surface area contributed by atoms with Gasteiger partial charge in [0.15, 0.2) is 0 Å². The molecule has 0 bridgehead atoms. The topological polar surface area (TPSA) is 61.9 Å². The number of hydrogen-bond acceptors (Lipinski definition) is 5. The number of carbonyl (C=O) groups is 2. The van der Waals surface area contributed by atoms with Crippen LogP contribution in [-0.2, 0) is 14.3 Å². The quantitative estimate of drug-likeness (QED) is 0.699. The fraction of sp³-hybridized carbons (Fsp3) is 0.360. The van der Waals surface area contributed by atoms with E-state index in [2.05, 4.69) is 10.2 Å². The lowest BCUT2D eigenvalue weighted by Crippen LogP contribution is -2.39. The molecule has 162 valence electrons. The SMILES string of the molecule is Cc1ccc(NC2=C(c3ccccc3)C(=O)N(CCCN3CCOCC3)C2=O)cc1C. The summed E-state index contributed by atoms with van der Waals surface area (Å²) in [5.41, 5.74) is 4.67. The van der Waals surface area contributed by atoms with Gasteiger partial charge in [0.2, 0.25) is 0 Å². The second kappa shape index (κ2) is 9.45. The summed E-state index contributed by atoms with van der Waals surface area (Å²) in [7, 11) is 0. The minimum Gasteiger partial charge on any atom is -0.379 e. The molecular formula is C25H29N3O3. The Morgan fingerprint density at radius 1 is 0.903 bits per heavy atom. The van der Waals surface area contributed by atoms with Gasteiger partial charge >= 0.3 is 0 Å². The summed E-state index contributed by atoms with van der Waals surface area (Å²) in [4.78, 5) is 30.3. The first-order chi connectivity index (χ1) is 15.0. The van der Waals surface area contributed by atoms with Crippen molar-refractivity contribution in [2.24, 2.45) is 0 Å². The van der Waals surface area contributed by atoms with E-state index in [1.165, 1.54) is 10.5 Å². The molecule has 1 N–H and O–H groups in total. The van der Waals surface area contributed by atoms with E-state index in [9.17, 15) is 9.59 Å². The summed E-state index contributed by atoms with van der Waals surface area (Å²) in [5.74, 6) is -0.492. The zero-order valence-electron chi connectivity index (χ0n) is 18.2. The summed E-state index contributed by atoms with van der Waals surface area (Å²) in [6.45, 7) is 8.62. The first-order valence-electron chi connectivity index (χ1n) is 10.8. The van der Waals surface area contributed by atoms with Crippen LogP contribution in [-0.4, -0.2) is 61.0 Å². The van der Waals surface area contributed by atoms with Gasteiger partial charge in [0.25, 0.3) is 11.8 Å². The number of amides is 2. The molecule has 0 radical (unpaired) electrons. The van der Waals surface area contributed by atoms with Crippen LogP contribution in [0, 0.1) is 13.8 Å². The molecule has 0 atom stereocenters. The van der Waals surface area contributed by atoms with Gasteiger partial charge in [-0.1, -0.05) is 36.4 Å². The van der Waals surface area contributed by atoms with Crippen molar-refractivity contribution >= 4 is 23.1 Å². The summed E-state index contributed by atoms with van der Waals surface area (Å²) in [6, 6.07) is 15.4. The van der Waals surface area contributed by atoms with Crippen LogP contribution >= 0.6 is 0 Å². The van der Waals surface area contributed by atoms with Crippen molar-refractivity contribution < 1.29 is 14.3 Å². The monoisotopic (exact) mass is 419 g/mol. The molecule has 1 fully saturated rings. The number of nitrogens with one attached hydrogen (secondary N) is 1. The minimum atomic E-state index is -0.260. The maximum Gasteiger partial charge on any atom is 0.278 e. The molecule has 4 rings (SSSR count). The van der Waals surface area contributed by atoms with Gasteiger partial charge in [-0.15, -0.1) is 0 Å². The maximum atomic E-state index is 13.3. The predicted molar refractivity (Wildman–Crippen MR) is 121 cm³/mol. The van der Waals surface area contributed by atoms with Crippen LogP contribution in [0.1, 0.15) is 23.1 Å². The van der Waals surface area contributed by atoms with Crippen molar-refractivity contribution in [3.63, 3.8) is 0 Å². The molecule has 0 unspecified atom stereocenters. The van der Waals surface area contributed by atoms with Crippen molar-refractivity contribution in [2.75, 3.05) is 44.7 Å². The highest BCUT2D eigenvalue weighted by Crippen LogP contribution is 2.31. The highest BCUT2D eigenvalue weighted by atomic mass is 16.5. The Bertz CT molecular complexity index is 994. The molecule has 6 heteroatoms. The minimum absolute atomic E-state index is 0.232. The molecule has 2 aliphatic rings. The predicted octanol–water partition coefficient (Wildman–Crippen LogP) is 3.22. The van der Waals surface area contributed by atoms with E-state index in [-0.39, 0.29) is 11.8 Å². The smallest absolute Gasteiger partial charge is 0.278 e. The molecule has 0 aliphatic carbocycles. The van der Waals surface area contributed by atoms with Crippen LogP contribution in [0.2, 0.25) is 0 Å². The number of rotatable bonds is 7. The third-order valence-electron chi connectivity index (χ3n) is 5.97. The Hall–Kier alpha value is -2.96. The van der Waals surface area contributed by atoms with Gasteiger partial charge in [-0.3, -0.25) is 19.4 Å². The lowest BCUT2D eigenvalue weighted by molar-refractivity contribution is -0.136. The molecule has 2 aliphatic heterocycles. The van der Waals surface area contributed by atoms with Crippen molar-refractivity contribution in [1.82, 2.24) is 9.80 Å². The molecule has 1 saturated heterocycles. The van der Waals surface area contributed by atoms with Crippen molar-refractivity contribution in [2.45, 2.75) is 20.3 Å². The zero-order chi connectivity index (χ0) is 21.8. The lowest BCUT2D eigenvalue weighted by Gasteiger charge is -2.27. The largest absolute Gasteiger partial charge is 0.379 e. The van der Waals surface area contributed by atoms with Gasteiger partial charge in [0, 0.05) is 31.9 Å². The molecule has 2 heterocycles. The average Bonchev–Trinajstić information content (AvgIpc) is 3.02. The van der Waals surface area contributed by atoms with E-state index in [4.69, 9.17) is 4.74 Å². The first-order valence-corrected chi connectivity index (χ1v) is 10.8. The number of ether oxygens (including phenoxy) is 1. The van der Waals surface area contributed by atoms with Crippen LogP contribution in [0.25, 0.3) is 5.57 Å². The molecular weight excluding hydrogens is 390 g/mol. The van der Waals surface area contributed by atoms with E-state index in [0.29, 0.717) is 17.8 Å². The average molecular weight is 420 g/mol. The number of hydrogen-bond donors (Lipinski definition) is 1. The Morgan fingerprint density at radius 2 is 1.65 bits per heavy atom. The fourth-order valence-electron chi connectivity index (χ4n) is 4.01. The van der Waals surface area contributed by atoms with Crippen molar-refractivity contribution in [3.8, 4) is 0 Å². The molecule has 2 amide bonds. The number of aryl methyl sites for hydroxylation is 2. The Kier molecular flexibility index (Phi) is 6.49. The highest BCUT2D eigenvalue weighted by Gasteiger charge is 2.38. The van der Waals surface area contributed by atoms with Crippen molar-refractivity contribution in [3.05, 3.63) is 70.9 Å². The van der Waals surface area contributed by atoms with E-state index < -0.39 is 0 Å². The molecule has 0 spiro atoms. The van der Waals surface area contributed by atoms with Gasteiger partial charge in [-0.25, -0.2) is 0 Å². The van der Waals surface area contributed by atoms with Gasteiger partial charge in [-0.05, 0) is 49.1 Å². The molecule has 2 aromatic carbocycles.